The molecule has 0 heterocycles. The zero-order valence-corrected chi connectivity index (χ0v) is 12.7. The number of halogens is 3. The van der Waals surface area contributed by atoms with Crippen molar-refractivity contribution in [2.24, 2.45) is 5.41 Å². The van der Waals surface area contributed by atoms with Crippen LogP contribution in [0.5, 0.6) is 0 Å². The molecule has 0 atom stereocenters. The number of rotatable bonds is 6. The van der Waals surface area contributed by atoms with Gasteiger partial charge >= 0.3 is 0 Å². The third kappa shape index (κ3) is 4.00. The maximum absolute atomic E-state index is 13.5. The van der Waals surface area contributed by atoms with E-state index >= 15 is 0 Å². The molecule has 0 aliphatic heterocycles. The number of amides is 1. The van der Waals surface area contributed by atoms with E-state index in [4.69, 9.17) is 0 Å². The van der Waals surface area contributed by atoms with Gasteiger partial charge in [0.05, 0.1) is 5.56 Å². The molecule has 0 saturated heterocycles. The number of hydrogen-bond donors (Lipinski definition) is 1. The lowest BCUT2D eigenvalue weighted by atomic mass is 9.84. The Labute approximate surface area is 120 Å². The maximum atomic E-state index is 13.5. The van der Waals surface area contributed by atoms with Crippen LogP contribution in [0.1, 0.15) is 37.0 Å². The van der Waals surface area contributed by atoms with Crippen LogP contribution >= 0.6 is 15.9 Å². The van der Waals surface area contributed by atoms with Gasteiger partial charge in [0.25, 0.3) is 5.91 Å². The van der Waals surface area contributed by atoms with E-state index in [1.807, 2.05) is 0 Å². The highest BCUT2D eigenvalue weighted by Gasteiger charge is 2.26. The summed E-state index contributed by atoms with van der Waals surface area (Å²) in [6.07, 6.45) is 1.81. The molecule has 0 fully saturated rings. The molecule has 1 aromatic carbocycles. The summed E-state index contributed by atoms with van der Waals surface area (Å²) in [6.45, 7) is 4.56. The summed E-state index contributed by atoms with van der Waals surface area (Å²) in [5, 5.41) is 3.48. The van der Waals surface area contributed by atoms with Crippen LogP contribution in [0.3, 0.4) is 0 Å². The topological polar surface area (TPSA) is 29.1 Å². The summed E-state index contributed by atoms with van der Waals surface area (Å²) in [5.74, 6) is -2.04. The van der Waals surface area contributed by atoms with E-state index < -0.39 is 17.5 Å². The van der Waals surface area contributed by atoms with Crippen LogP contribution in [-0.2, 0) is 0 Å². The molecule has 0 aliphatic rings. The van der Waals surface area contributed by atoms with Gasteiger partial charge in [-0.3, -0.25) is 4.79 Å². The maximum Gasteiger partial charge on any atom is 0.254 e. The van der Waals surface area contributed by atoms with Crippen molar-refractivity contribution in [1.82, 2.24) is 5.32 Å². The van der Waals surface area contributed by atoms with Gasteiger partial charge in [0.15, 0.2) is 0 Å². The molecule has 0 spiro atoms. The van der Waals surface area contributed by atoms with Gasteiger partial charge < -0.3 is 5.32 Å². The Morgan fingerprint density at radius 3 is 2.42 bits per heavy atom. The highest BCUT2D eigenvalue weighted by molar-refractivity contribution is 9.09. The van der Waals surface area contributed by atoms with Gasteiger partial charge in [-0.15, -0.1) is 0 Å². The van der Waals surface area contributed by atoms with Gasteiger partial charge in [-0.2, -0.15) is 0 Å². The van der Waals surface area contributed by atoms with E-state index in [2.05, 4.69) is 35.1 Å². The van der Waals surface area contributed by atoms with Crippen LogP contribution in [0, 0.1) is 17.0 Å². The number of carbonyl (C=O) groups excluding carboxylic acids is 1. The molecule has 106 valence electrons. The second-order valence-electron chi connectivity index (χ2n) is 4.65. The van der Waals surface area contributed by atoms with Gasteiger partial charge in [-0.25, -0.2) is 8.78 Å². The predicted octanol–water partition coefficient (Wildman–Crippen LogP) is 3.90. The Morgan fingerprint density at radius 1 is 1.32 bits per heavy atom. The minimum absolute atomic E-state index is 0.0355. The standard InChI is InChI=1S/C14H18BrF2NO/c1-3-14(4-2,8-15)9-18-13(19)11-6-5-10(16)7-12(11)17/h5-7H,3-4,8-9H2,1-2H3,(H,18,19). The Morgan fingerprint density at radius 2 is 1.95 bits per heavy atom. The zero-order chi connectivity index (χ0) is 14.5. The number of benzene rings is 1. The molecule has 19 heavy (non-hydrogen) atoms. The highest BCUT2D eigenvalue weighted by atomic mass is 79.9. The number of alkyl halides is 1. The van der Waals surface area contributed by atoms with Crippen molar-refractivity contribution in [2.45, 2.75) is 26.7 Å². The quantitative estimate of drug-likeness (QED) is 0.786. The first-order chi connectivity index (χ1) is 8.98. The van der Waals surface area contributed by atoms with Gasteiger partial charge in [0, 0.05) is 17.9 Å². The van der Waals surface area contributed by atoms with Crippen LogP contribution in [0.15, 0.2) is 18.2 Å². The molecule has 0 aliphatic carbocycles. The lowest BCUT2D eigenvalue weighted by molar-refractivity contribution is 0.0928. The monoisotopic (exact) mass is 333 g/mol. The Kier molecular flexibility index (Phi) is 5.91. The molecule has 1 amide bonds. The second-order valence-corrected chi connectivity index (χ2v) is 5.21. The molecular formula is C14H18BrF2NO. The van der Waals surface area contributed by atoms with E-state index in [-0.39, 0.29) is 11.0 Å². The summed E-state index contributed by atoms with van der Waals surface area (Å²) in [5.41, 5.74) is -0.163. The molecule has 0 unspecified atom stereocenters. The van der Waals surface area contributed by atoms with Gasteiger partial charge in [-0.1, -0.05) is 29.8 Å². The molecule has 2 nitrogen and oxygen atoms in total. The second kappa shape index (κ2) is 6.98. The third-order valence-corrected chi connectivity index (χ3v) is 4.77. The summed E-state index contributed by atoms with van der Waals surface area (Å²) < 4.78 is 26.2. The van der Waals surface area contributed by atoms with Crippen LogP contribution in [-0.4, -0.2) is 17.8 Å². The zero-order valence-electron chi connectivity index (χ0n) is 11.1. The fraction of sp³-hybridized carbons (Fsp3) is 0.500. The smallest absolute Gasteiger partial charge is 0.254 e. The largest absolute Gasteiger partial charge is 0.351 e. The molecule has 0 bridgehead atoms. The SMILES string of the molecule is CCC(CC)(CBr)CNC(=O)c1ccc(F)cc1F. The summed E-state index contributed by atoms with van der Waals surface area (Å²) in [6, 6.07) is 2.95. The predicted molar refractivity (Wildman–Crippen MR) is 75.5 cm³/mol. The van der Waals surface area contributed by atoms with Crippen LogP contribution < -0.4 is 5.32 Å². The van der Waals surface area contributed by atoms with E-state index in [1.165, 1.54) is 0 Å². The first-order valence-corrected chi connectivity index (χ1v) is 7.39. The minimum Gasteiger partial charge on any atom is -0.351 e. The minimum atomic E-state index is -0.838. The average Bonchev–Trinajstić information content (AvgIpc) is 2.40. The molecule has 0 aromatic heterocycles. The molecule has 0 radical (unpaired) electrons. The van der Waals surface area contributed by atoms with E-state index in [0.29, 0.717) is 12.6 Å². The average molecular weight is 334 g/mol. The number of hydrogen-bond acceptors (Lipinski definition) is 1. The Hall–Kier alpha value is -0.970. The molecule has 1 aromatic rings. The van der Waals surface area contributed by atoms with E-state index in [0.717, 1.165) is 30.3 Å². The summed E-state index contributed by atoms with van der Waals surface area (Å²) >= 11 is 3.45. The lowest BCUT2D eigenvalue weighted by Crippen LogP contribution is -2.38. The van der Waals surface area contributed by atoms with Gasteiger partial charge in [-0.05, 0) is 30.4 Å². The van der Waals surface area contributed by atoms with Crippen LogP contribution in [0.25, 0.3) is 0 Å². The van der Waals surface area contributed by atoms with Crippen molar-refractivity contribution >= 4 is 21.8 Å². The lowest BCUT2D eigenvalue weighted by Gasteiger charge is -2.29. The fourth-order valence-corrected chi connectivity index (χ4v) is 2.76. The first kappa shape index (κ1) is 16.1. The molecule has 5 heteroatoms. The fourth-order valence-electron chi connectivity index (χ4n) is 1.77. The van der Waals surface area contributed by atoms with Crippen molar-refractivity contribution < 1.29 is 13.6 Å². The Balaban J connectivity index is 2.75. The third-order valence-electron chi connectivity index (χ3n) is 3.58. The van der Waals surface area contributed by atoms with Gasteiger partial charge in [0.2, 0.25) is 0 Å². The van der Waals surface area contributed by atoms with Gasteiger partial charge in [0.1, 0.15) is 11.6 Å². The molecule has 0 saturated carbocycles. The van der Waals surface area contributed by atoms with Crippen molar-refractivity contribution in [1.29, 1.82) is 0 Å². The van der Waals surface area contributed by atoms with Crippen molar-refractivity contribution in [3.63, 3.8) is 0 Å². The number of nitrogens with one attached hydrogen (secondary N) is 1. The molecule has 1 N–H and O–H groups in total. The highest BCUT2D eigenvalue weighted by Crippen LogP contribution is 2.27. The molecule has 1 rings (SSSR count). The number of carbonyl (C=O) groups is 1. The summed E-state index contributed by atoms with van der Waals surface area (Å²) in [4.78, 5) is 11.9. The van der Waals surface area contributed by atoms with Crippen LogP contribution in [0.4, 0.5) is 8.78 Å². The van der Waals surface area contributed by atoms with Crippen molar-refractivity contribution in [3.05, 3.63) is 35.4 Å². The normalized spacial score (nSPS) is 11.4. The molecular weight excluding hydrogens is 316 g/mol. The van der Waals surface area contributed by atoms with E-state index in [1.54, 1.807) is 0 Å². The first-order valence-electron chi connectivity index (χ1n) is 6.27. The van der Waals surface area contributed by atoms with Crippen LogP contribution in [0.2, 0.25) is 0 Å². The summed E-state index contributed by atoms with van der Waals surface area (Å²) in [7, 11) is 0. The van der Waals surface area contributed by atoms with Crippen molar-refractivity contribution in [3.8, 4) is 0 Å². The van der Waals surface area contributed by atoms with E-state index in [9.17, 15) is 13.6 Å². The van der Waals surface area contributed by atoms with Crippen molar-refractivity contribution in [2.75, 3.05) is 11.9 Å². The Bertz CT molecular complexity index is 439.